The molecule has 1 fully saturated rings. The van der Waals surface area contributed by atoms with E-state index in [0.717, 1.165) is 42.9 Å². The topological polar surface area (TPSA) is 109 Å². The Morgan fingerprint density at radius 3 is 2.51 bits per heavy atom. The van der Waals surface area contributed by atoms with Crippen LogP contribution < -0.4 is 15.5 Å². The number of nitrogens with one attached hydrogen (secondary N) is 3. The van der Waals surface area contributed by atoms with E-state index in [2.05, 4.69) is 17.6 Å². The standard InChI is InChI=1S/C24H32N4O5S2/c1-5-11-27-12-10-18-19(13-27)34-23(20(18)22(30)25-4)26-21(29)16-6-8-17(9-7-16)35(31,32)28-15-33-14-24(28,2)3/h6-9H,5,10-15H2,1-4H3,(H,25,30)(H,26,29)/p+1. The quantitative estimate of drug-likeness (QED) is 0.511. The normalized spacial score (nSPS) is 19.8. The first-order valence-electron chi connectivity index (χ1n) is 11.8. The fourth-order valence-corrected chi connectivity index (χ4v) is 7.62. The van der Waals surface area contributed by atoms with Crippen LogP contribution in [0.1, 0.15) is 58.3 Å². The highest BCUT2D eigenvalue weighted by Crippen LogP contribution is 2.35. The molecule has 2 amide bonds. The molecule has 1 aromatic carbocycles. The molecule has 190 valence electrons. The lowest BCUT2D eigenvalue weighted by Gasteiger charge is -2.28. The summed E-state index contributed by atoms with van der Waals surface area (Å²) in [6.45, 7) is 8.99. The number of rotatable bonds is 7. The van der Waals surface area contributed by atoms with Crippen LogP contribution >= 0.6 is 11.3 Å². The maximum atomic E-state index is 13.1. The molecule has 1 atom stereocenters. The van der Waals surface area contributed by atoms with Crippen LogP contribution in [0.2, 0.25) is 0 Å². The second kappa shape index (κ2) is 9.98. The number of ether oxygens (including phenoxy) is 1. The van der Waals surface area contributed by atoms with Gasteiger partial charge >= 0.3 is 0 Å². The largest absolute Gasteiger partial charge is 0.363 e. The highest BCUT2D eigenvalue weighted by molar-refractivity contribution is 7.89. The first kappa shape index (κ1) is 25.8. The second-order valence-electron chi connectivity index (χ2n) is 9.59. The molecule has 0 spiro atoms. The minimum atomic E-state index is -3.76. The molecule has 35 heavy (non-hydrogen) atoms. The van der Waals surface area contributed by atoms with E-state index in [-0.39, 0.29) is 23.4 Å². The Hall–Kier alpha value is -2.31. The molecule has 1 unspecified atom stereocenters. The molecular weight excluding hydrogens is 488 g/mol. The molecule has 4 rings (SSSR count). The van der Waals surface area contributed by atoms with E-state index < -0.39 is 15.6 Å². The zero-order valence-corrected chi connectivity index (χ0v) is 22.2. The van der Waals surface area contributed by atoms with Gasteiger partial charge in [-0.15, -0.1) is 11.3 Å². The average molecular weight is 522 g/mol. The summed E-state index contributed by atoms with van der Waals surface area (Å²) in [4.78, 5) is 28.4. The number of anilines is 1. The number of amides is 2. The van der Waals surface area contributed by atoms with E-state index in [1.165, 1.54) is 44.8 Å². The summed E-state index contributed by atoms with van der Waals surface area (Å²) in [5.41, 5.74) is 1.22. The van der Waals surface area contributed by atoms with Gasteiger partial charge in [0.25, 0.3) is 11.8 Å². The van der Waals surface area contributed by atoms with Gasteiger partial charge in [-0.1, -0.05) is 6.92 Å². The number of fused-ring (bicyclic) bond motifs is 1. The minimum Gasteiger partial charge on any atom is -0.363 e. The zero-order valence-electron chi connectivity index (χ0n) is 20.6. The van der Waals surface area contributed by atoms with E-state index in [1.54, 1.807) is 7.05 Å². The molecule has 11 heteroatoms. The molecule has 3 N–H and O–H groups in total. The number of nitrogens with zero attached hydrogens (tertiary/aromatic N) is 1. The van der Waals surface area contributed by atoms with Crippen LogP contribution in [0.4, 0.5) is 5.00 Å². The van der Waals surface area contributed by atoms with Crippen molar-refractivity contribution in [1.82, 2.24) is 9.62 Å². The summed E-state index contributed by atoms with van der Waals surface area (Å²) < 4.78 is 32.8. The smallest absolute Gasteiger partial charge is 0.256 e. The Morgan fingerprint density at radius 2 is 1.91 bits per heavy atom. The SMILES string of the molecule is CCC[NH+]1CCc2c(sc(NC(=O)c3ccc(S(=O)(=O)N4COCC4(C)C)cc3)c2C(=O)NC)C1. The first-order valence-corrected chi connectivity index (χ1v) is 14.1. The Kier molecular flexibility index (Phi) is 7.35. The summed E-state index contributed by atoms with van der Waals surface area (Å²) >= 11 is 1.45. The third kappa shape index (κ3) is 5.01. The predicted octanol–water partition coefficient (Wildman–Crippen LogP) is 1.47. The minimum absolute atomic E-state index is 0.000282. The van der Waals surface area contributed by atoms with Crippen LogP contribution in [0.5, 0.6) is 0 Å². The number of carbonyl (C=O) groups excluding carboxylic acids is 2. The number of benzene rings is 1. The summed E-state index contributed by atoms with van der Waals surface area (Å²) in [6, 6.07) is 5.85. The summed E-state index contributed by atoms with van der Waals surface area (Å²) in [5, 5.41) is 6.13. The highest BCUT2D eigenvalue weighted by atomic mass is 32.2. The van der Waals surface area contributed by atoms with Gasteiger partial charge in [0.2, 0.25) is 10.0 Å². The van der Waals surface area contributed by atoms with Gasteiger partial charge in [-0.3, -0.25) is 9.59 Å². The van der Waals surface area contributed by atoms with Crippen molar-refractivity contribution in [3.63, 3.8) is 0 Å². The molecule has 0 bridgehead atoms. The molecular formula is C24H33N4O5S2+. The predicted molar refractivity (Wildman–Crippen MR) is 134 cm³/mol. The van der Waals surface area contributed by atoms with E-state index in [9.17, 15) is 18.0 Å². The van der Waals surface area contributed by atoms with Crippen LogP contribution in [0, 0.1) is 0 Å². The number of sulfonamides is 1. The van der Waals surface area contributed by atoms with Gasteiger partial charge < -0.3 is 20.3 Å². The van der Waals surface area contributed by atoms with Crippen molar-refractivity contribution in [2.24, 2.45) is 0 Å². The zero-order chi connectivity index (χ0) is 25.4. The fraction of sp³-hybridized carbons (Fsp3) is 0.500. The Labute approximate surface area is 210 Å². The number of hydrogen-bond donors (Lipinski definition) is 3. The summed E-state index contributed by atoms with van der Waals surface area (Å²) in [7, 11) is -2.17. The third-order valence-corrected chi connectivity index (χ3v) is 9.75. The van der Waals surface area contributed by atoms with Gasteiger partial charge in [-0.05, 0) is 50.1 Å². The van der Waals surface area contributed by atoms with Gasteiger partial charge in [0.05, 0.1) is 40.6 Å². The van der Waals surface area contributed by atoms with Gasteiger partial charge in [-0.25, -0.2) is 8.42 Å². The van der Waals surface area contributed by atoms with Crippen LogP contribution in [0.3, 0.4) is 0 Å². The van der Waals surface area contributed by atoms with E-state index in [4.69, 9.17) is 4.74 Å². The molecule has 2 aliphatic rings. The molecule has 0 saturated carbocycles. The molecule has 0 aliphatic carbocycles. The maximum absolute atomic E-state index is 13.1. The van der Waals surface area contributed by atoms with Crippen molar-refractivity contribution in [3.05, 3.63) is 45.8 Å². The van der Waals surface area contributed by atoms with Crippen molar-refractivity contribution in [1.29, 1.82) is 0 Å². The molecule has 2 aromatic rings. The summed E-state index contributed by atoms with van der Waals surface area (Å²) in [6.07, 6.45) is 1.89. The fourth-order valence-electron chi connectivity index (χ4n) is 4.66. The second-order valence-corrected chi connectivity index (χ2v) is 12.6. The molecule has 3 heterocycles. The van der Waals surface area contributed by atoms with Gasteiger partial charge in [0.1, 0.15) is 18.3 Å². The Bertz CT molecular complexity index is 1220. The van der Waals surface area contributed by atoms with E-state index in [1.807, 2.05) is 13.8 Å². The lowest BCUT2D eigenvalue weighted by molar-refractivity contribution is -0.915. The first-order chi connectivity index (χ1) is 16.6. The van der Waals surface area contributed by atoms with Crippen molar-refractivity contribution in [2.75, 3.05) is 38.8 Å². The number of quaternary nitrogens is 1. The lowest BCUT2D eigenvalue weighted by atomic mass is 10.0. The molecule has 9 nitrogen and oxygen atoms in total. The molecule has 0 radical (unpaired) electrons. The molecule has 2 aliphatic heterocycles. The Balaban J connectivity index is 1.56. The van der Waals surface area contributed by atoms with Crippen LogP contribution in [0.15, 0.2) is 29.2 Å². The third-order valence-electron chi connectivity index (χ3n) is 6.56. The van der Waals surface area contributed by atoms with Crippen molar-refractivity contribution in [3.8, 4) is 0 Å². The van der Waals surface area contributed by atoms with Crippen molar-refractivity contribution >= 4 is 38.2 Å². The maximum Gasteiger partial charge on any atom is 0.256 e. The van der Waals surface area contributed by atoms with Crippen LogP contribution in [0.25, 0.3) is 0 Å². The summed E-state index contributed by atoms with van der Waals surface area (Å²) in [5.74, 6) is -0.603. The van der Waals surface area contributed by atoms with Crippen LogP contribution in [-0.2, 0) is 27.7 Å². The van der Waals surface area contributed by atoms with Gasteiger partial charge in [-0.2, -0.15) is 4.31 Å². The van der Waals surface area contributed by atoms with Crippen molar-refractivity contribution < 1.29 is 27.6 Å². The van der Waals surface area contributed by atoms with Gasteiger partial charge in [0, 0.05) is 19.0 Å². The van der Waals surface area contributed by atoms with Gasteiger partial charge in [0.15, 0.2) is 0 Å². The number of carbonyl (C=O) groups is 2. The number of thiophene rings is 1. The Morgan fingerprint density at radius 1 is 1.20 bits per heavy atom. The van der Waals surface area contributed by atoms with E-state index >= 15 is 0 Å². The highest BCUT2D eigenvalue weighted by Gasteiger charge is 2.42. The number of hydrogen-bond acceptors (Lipinski definition) is 6. The molecule has 1 aromatic heterocycles. The molecule has 1 saturated heterocycles. The van der Waals surface area contributed by atoms with Crippen LogP contribution in [-0.4, -0.2) is 63.6 Å². The van der Waals surface area contributed by atoms with E-state index in [0.29, 0.717) is 22.7 Å². The lowest BCUT2D eigenvalue weighted by Crippen LogP contribution is -3.11. The monoisotopic (exact) mass is 521 g/mol. The average Bonchev–Trinajstić information content (AvgIpc) is 3.37. The van der Waals surface area contributed by atoms with Crippen molar-refractivity contribution in [2.45, 2.75) is 50.6 Å².